The number of aryl methyl sites for hydroxylation is 1. The summed E-state index contributed by atoms with van der Waals surface area (Å²) in [6.07, 6.45) is -5.48. The predicted octanol–water partition coefficient (Wildman–Crippen LogP) is 3.42. The van der Waals surface area contributed by atoms with Gasteiger partial charge in [0, 0.05) is 0 Å². The van der Waals surface area contributed by atoms with Crippen LogP contribution in [0.1, 0.15) is 29.0 Å². The summed E-state index contributed by atoms with van der Waals surface area (Å²) in [5.41, 5.74) is 1.26. The maximum absolute atomic E-state index is 12.8. The smallest absolute Gasteiger partial charge is 0.396 e. The third-order valence-corrected chi connectivity index (χ3v) is 2.80. The zero-order chi connectivity index (χ0) is 13.2. The van der Waals surface area contributed by atoms with Crippen molar-refractivity contribution in [3.63, 3.8) is 0 Å². The molecule has 1 aromatic rings. The highest BCUT2D eigenvalue weighted by Gasteiger charge is 2.42. The molecule has 2 nitrogen and oxygen atoms in total. The third kappa shape index (κ3) is 3.22. The van der Waals surface area contributed by atoms with Crippen LogP contribution >= 0.6 is 0 Å². The van der Waals surface area contributed by atoms with Crippen molar-refractivity contribution >= 4 is 5.97 Å². The van der Waals surface area contributed by atoms with Gasteiger partial charge < -0.3 is 5.11 Å². The summed E-state index contributed by atoms with van der Waals surface area (Å²) < 4.78 is 38.4. The lowest BCUT2D eigenvalue weighted by atomic mass is 9.89. The zero-order valence-electron chi connectivity index (χ0n) is 9.51. The molecule has 1 N–H and O–H groups in total. The van der Waals surface area contributed by atoms with Crippen LogP contribution in [0.5, 0.6) is 0 Å². The van der Waals surface area contributed by atoms with Crippen molar-refractivity contribution in [2.75, 3.05) is 0 Å². The number of carboxylic acids is 1. The van der Waals surface area contributed by atoms with Crippen LogP contribution in [0.2, 0.25) is 0 Å². The first-order chi connectivity index (χ1) is 7.73. The monoisotopic (exact) mass is 246 g/mol. The standard InChI is InChI=1S/C12H13F3O2/c1-7-4-3-5-9(8(7)2)10(6-11(16)17)12(13,14)15/h3-5,10H,6H2,1-2H3,(H,16,17). The van der Waals surface area contributed by atoms with Crippen LogP contribution in [-0.4, -0.2) is 17.3 Å². The molecule has 0 aliphatic heterocycles. The van der Waals surface area contributed by atoms with E-state index < -0.39 is 24.5 Å². The van der Waals surface area contributed by atoms with E-state index in [0.717, 1.165) is 5.56 Å². The van der Waals surface area contributed by atoms with Crippen molar-refractivity contribution in [3.05, 3.63) is 34.9 Å². The van der Waals surface area contributed by atoms with Crippen LogP contribution in [0.25, 0.3) is 0 Å². The predicted molar refractivity (Wildman–Crippen MR) is 57.0 cm³/mol. The Kier molecular flexibility index (Phi) is 3.80. The fourth-order valence-corrected chi connectivity index (χ4v) is 1.73. The van der Waals surface area contributed by atoms with Gasteiger partial charge >= 0.3 is 12.1 Å². The Labute approximate surface area is 97.1 Å². The maximum atomic E-state index is 12.8. The molecule has 1 unspecified atom stereocenters. The highest BCUT2D eigenvalue weighted by Crippen LogP contribution is 2.39. The topological polar surface area (TPSA) is 37.3 Å². The van der Waals surface area contributed by atoms with E-state index in [9.17, 15) is 18.0 Å². The minimum atomic E-state index is -4.54. The molecule has 0 radical (unpaired) electrons. The van der Waals surface area contributed by atoms with E-state index in [2.05, 4.69) is 0 Å². The van der Waals surface area contributed by atoms with Gasteiger partial charge in [-0.15, -0.1) is 0 Å². The average Bonchev–Trinajstić information content (AvgIpc) is 2.17. The van der Waals surface area contributed by atoms with Gasteiger partial charge in [-0.1, -0.05) is 18.2 Å². The fourth-order valence-electron chi connectivity index (χ4n) is 1.73. The van der Waals surface area contributed by atoms with E-state index in [0.29, 0.717) is 5.56 Å². The number of hydrogen-bond donors (Lipinski definition) is 1. The Morgan fingerprint density at radius 1 is 1.35 bits per heavy atom. The van der Waals surface area contributed by atoms with Gasteiger partial charge in [0.25, 0.3) is 0 Å². The molecule has 1 aromatic carbocycles. The van der Waals surface area contributed by atoms with Crippen molar-refractivity contribution in [1.82, 2.24) is 0 Å². The second kappa shape index (κ2) is 4.77. The molecule has 17 heavy (non-hydrogen) atoms. The number of aliphatic carboxylic acids is 1. The lowest BCUT2D eigenvalue weighted by Gasteiger charge is -2.21. The minimum Gasteiger partial charge on any atom is -0.481 e. The summed E-state index contributed by atoms with van der Waals surface area (Å²) in [5.74, 6) is -3.40. The Hall–Kier alpha value is -1.52. The van der Waals surface area contributed by atoms with Crippen LogP contribution in [-0.2, 0) is 4.79 Å². The summed E-state index contributed by atoms with van der Waals surface area (Å²) in [7, 11) is 0. The number of rotatable bonds is 3. The molecule has 0 amide bonds. The molecule has 0 spiro atoms. The van der Waals surface area contributed by atoms with Crippen molar-refractivity contribution in [2.24, 2.45) is 0 Å². The number of alkyl halides is 3. The summed E-state index contributed by atoms with van der Waals surface area (Å²) >= 11 is 0. The van der Waals surface area contributed by atoms with Crippen molar-refractivity contribution < 1.29 is 23.1 Å². The molecule has 0 aliphatic rings. The number of halogens is 3. The number of hydrogen-bond acceptors (Lipinski definition) is 1. The maximum Gasteiger partial charge on any atom is 0.396 e. The molecule has 0 aliphatic carbocycles. The highest BCUT2D eigenvalue weighted by atomic mass is 19.4. The van der Waals surface area contributed by atoms with Gasteiger partial charge in [-0.05, 0) is 30.5 Å². The van der Waals surface area contributed by atoms with Crippen molar-refractivity contribution in [2.45, 2.75) is 32.4 Å². The molecule has 1 atom stereocenters. The van der Waals surface area contributed by atoms with E-state index in [4.69, 9.17) is 5.11 Å². The first-order valence-electron chi connectivity index (χ1n) is 5.08. The van der Waals surface area contributed by atoms with Gasteiger partial charge in [-0.25, -0.2) is 0 Å². The lowest BCUT2D eigenvalue weighted by molar-refractivity contribution is -0.163. The van der Waals surface area contributed by atoms with Crippen LogP contribution in [0.4, 0.5) is 13.2 Å². The van der Waals surface area contributed by atoms with E-state index in [1.54, 1.807) is 19.9 Å². The zero-order valence-corrected chi connectivity index (χ0v) is 9.51. The molecule has 1 rings (SSSR count). The fraction of sp³-hybridized carbons (Fsp3) is 0.417. The van der Waals surface area contributed by atoms with Crippen LogP contribution in [0, 0.1) is 13.8 Å². The highest BCUT2D eigenvalue weighted by molar-refractivity contribution is 5.68. The summed E-state index contributed by atoms with van der Waals surface area (Å²) in [6, 6.07) is 4.55. The Morgan fingerprint density at radius 3 is 2.41 bits per heavy atom. The van der Waals surface area contributed by atoms with Gasteiger partial charge in [0.1, 0.15) is 0 Å². The largest absolute Gasteiger partial charge is 0.481 e. The van der Waals surface area contributed by atoms with E-state index in [-0.39, 0.29) is 5.56 Å². The van der Waals surface area contributed by atoms with Crippen molar-refractivity contribution in [1.29, 1.82) is 0 Å². The second-order valence-electron chi connectivity index (χ2n) is 3.98. The molecule has 0 heterocycles. The second-order valence-corrected chi connectivity index (χ2v) is 3.98. The van der Waals surface area contributed by atoms with Gasteiger partial charge in [-0.3, -0.25) is 4.79 Å². The first kappa shape index (κ1) is 13.5. The lowest BCUT2D eigenvalue weighted by Crippen LogP contribution is -2.24. The Morgan fingerprint density at radius 2 is 1.94 bits per heavy atom. The molecule has 0 bridgehead atoms. The molecule has 0 aromatic heterocycles. The van der Waals surface area contributed by atoms with E-state index >= 15 is 0 Å². The first-order valence-corrected chi connectivity index (χ1v) is 5.08. The van der Waals surface area contributed by atoms with Gasteiger partial charge in [0.15, 0.2) is 0 Å². The third-order valence-electron chi connectivity index (χ3n) is 2.80. The summed E-state index contributed by atoms with van der Waals surface area (Å²) in [6.45, 7) is 3.28. The minimum absolute atomic E-state index is 0.0416. The SMILES string of the molecule is Cc1cccc(C(CC(=O)O)C(F)(F)F)c1C. The molecular weight excluding hydrogens is 233 g/mol. The molecule has 0 fully saturated rings. The van der Waals surface area contributed by atoms with E-state index in [1.165, 1.54) is 12.1 Å². The molecule has 5 heteroatoms. The molecule has 0 saturated heterocycles. The number of carbonyl (C=O) groups is 1. The number of carboxylic acid groups (broad SMARTS) is 1. The van der Waals surface area contributed by atoms with Crippen molar-refractivity contribution in [3.8, 4) is 0 Å². The van der Waals surface area contributed by atoms with E-state index in [1.807, 2.05) is 0 Å². The molecule has 0 saturated carbocycles. The van der Waals surface area contributed by atoms with Gasteiger partial charge in [0.05, 0.1) is 12.3 Å². The normalized spacial score (nSPS) is 13.5. The average molecular weight is 246 g/mol. The Balaban J connectivity index is 3.22. The number of benzene rings is 1. The van der Waals surface area contributed by atoms with Gasteiger partial charge in [-0.2, -0.15) is 13.2 Å². The summed E-state index contributed by atoms with van der Waals surface area (Å²) in [5, 5.41) is 8.57. The molecular formula is C12H13F3O2. The van der Waals surface area contributed by atoms with Crippen LogP contribution < -0.4 is 0 Å². The van der Waals surface area contributed by atoms with Crippen LogP contribution in [0.15, 0.2) is 18.2 Å². The quantitative estimate of drug-likeness (QED) is 0.887. The van der Waals surface area contributed by atoms with Crippen LogP contribution in [0.3, 0.4) is 0 Å². The Bertz CT molecular complexity index is 424. The summed E-state index contributed by atoms with van der Waals surface area (Å²) in [4.78, 5) is 10.5. The molecule has 94 valence electrons. The van der Waals surface area contributed by atoms with Gasteiger partial charge in [0.2, 0.25) is 0 Å².